The Balaban J connectivity index is 1.83. The summed E-state index contributed by atoms with van der Waals surface area (Å²) in [6, 6.07) is 20.1. The van der Waals surface area contributed by atoms with E-state index in [1.165, 1.54) is 15.5 Å². The number of para-hydroxylation sites is 1. The van der Waals surface area contributed by atoms with Crippen LogP contribution in [0.1, 0.15) is 5.56 Å². The number of nitrogens with one attached hydrogen (secondary N) is 1. The molecular formula is C19H13NO3S2. The minimum absolute atomic E-state index is 0.244. The first-order valence-electron chi connectivity index (χ1n) is 7.84. The Labute approximate surface area is 148 Å². The van der Waals surface area contributed by atoms with Crippen LogP contribution in [-0.4, -0.2) is 8.42 Å². The minimum atomic E-state index is -3.75. The monoisotopic (exact) mass is 367 g/mol. The number of thiophene rings is 1. The van der Waals surface area contributed by atoms with Crippen LogP contribution in [0.5, 0.6) is 5.75 Å². The van der Waals surface area contributed by atoms with Crippen LogP contribution in [0.15, 0.2) is 60.7 Å². The molecule has 1 aromatic heterocycles. The standard InChI is InChI=1S/C19H13NO3S2/c21-25(22)20-11-12-5-3-7-14(18(12)23-25)16-9-4-8-15-13-6-1-2-10-17(13)24-19(15)16/h1-10,20H,11H2. The average Bonchev–Trinajstić information content (AvgIpc) is 2.99. The van der Waals surface area contributed by atoms with Crippen molar-refractivity contribution < 1.29 is 12.6 Å². The zero-order valence-corrected chi connectivity index (χ0v) is 14.7. The van der Waals surface area contributed by atoms with Gasteiger partial charge in [-0.2, -0.15) is 13.1 Å². The first-order chi connectivity index (χ1) is 12.1. The molecule has 0 bridgehead atoms. The van der Waals surface area contributed by atoms with Gasteiger partial charge in [0.2, 0.25) is 0 Å². The van der Waals surface area contributed by atoms with Crippen molar-refractivity contribution in [3.8, 4) is 16.9 Å². The normalized spacial score (nSPS) is 15.8. The molecule has 1 N–H and O–H groups in total. The highest BCUT2D eigenvalue weighted by molar-refractivity contribution is 7.85. The highest BCUT2D eigenvalue weighted by Gasteiger charge is 2.25. The predicted molar refractivity (Wildman–Crippen MR) is 101 cm³/mol. The van der Waals surface area contributed by atoms with Gasteiger partial charge in [0.15, 0.2) is 5.75 Å². The maximum atomic E-state index is 11.9. The maximum Gasteiger partial charge on any atom is 0.382 e. The van der Waals surface area contributed by atoms with Crippen molar-refractivity contribution in [2.75, 3.05) is 0 Å². The topological polar surface area (TPSA) is 55.4 Å². The van der Waals surface area contributed by atoms with Crippen LogP contribution in [0.2, 0.25) is 0 Å². The molecule has 1 aliphatic rings. The van der Waals surface area contributed by atoms with Crippen molar-refractivity contribution in [1.29, 1.82) is 0 Å². The molecule has 0 amide bonds. The first-order valence-corrected chi connectivity index (χ1v) is 10.1. The molecule has 0 saturated heterocycles. The predicted octanol–water partition coefficient (Wildman–Crippen LogP) is 4.45. The van der Waals surface area contributed by atoms with Crippen LogP contribution < -0.4 is 8.91 Å². The molecule has 0 aliphatic carbocycles. The molecule has 3 aromatic carbocycles. The third kappa shape index (κ3) is 2.33. The van der Waals surface area contributed by atoms with E-state index in [0.29, 0.717) is 5.75 Å². The molecule has 0 fully saturated rings. The molecule has 0 radical (unpaired) electrons. The van der Waals surface area contributed by atoms with Gasteiger partial charge in [-0.25, -0.2) is 0 Å². The molecule has 2 heterocycles. The zero-order valence-electron chi connectivity index (χ0n) is 13.0. The molecule has 0 atom stereocenters. The van der Waals surface area contributed by atoms with Gasteiger partial charge < -0.3 is 4.18 Å². The number of hydrogen-bond acceptors (Lipinski definition) is 4. The Morgan fingerprint density at radius 2 is 1.64 bits per heavy atom. The molecule has 0 saturated carbocycles. The number of rotatable bonds is 1. The fourth-order valence-electron chi connectivity index (χ4n) is 3.30. The van der Waals surface area contributed by atoms with Gasteiger partial charge in [0.1, 0.15) is 0 Å². The lowest BCUT2D eigenvalue weighted by molar-refractivity contribution is 0.454. The van der Waals surface area contributed by atoms with E-state index in [0.717, 1.165) is 21.4 Å². The Morgan fingerprint density at radius 1 is 0.880 bits per heavy atom. The second-order valence-corrected chi connectivity index (χ2v) is 8.35. The lowest BCUT2D eigenvalue weighted by Gasteiger charge is -2.20. The molecule has 4 nitrogen and oxygen atoms in total. The average molecular weight is 367 g/mol. The van der Waals surface area contributed by atoms with E-state index in [4.69, 9.17) is 4.18 Å². The number of fused-ring (bicyclic) bond motifs is 4. The summed E-state index contributed by atoms with van der Waals surface area (Å²) in [6.07, 6.45) is 0. The molecule has 25 heavy (non-hydrogen) atoms. The van der Waals surface area contributed by atoms with Crippen molar-refractivity contribution in [2.24, 2.45) is 0 Å². The van der Waals surface area contributed by atoms with Crippen LogP contribution in [0, 0.1) is 0 Å². The summed E-state index contributed by atoms with van der Waals surface area (Å²) in [4.78, 5) is 0. The molecule has 6 heteroatoms. The van der Waals surface area contributed by atoms with Gasteiger partial charge in [-0.1, -0.05) is 54.6 Å². The van der Waals surface area contributed by atoms with Gasteiger partial charge in [0.25, 0.3) is 0 Å². The smallest absolute Gasteiger partial charge is 0.370 e. The fraction of sp³-hybridized carbons (Fsp3) is 0.0526. The third-order valence-corrected chi connectivity index (χ3v) is 6.53. The van der Waals surface area contributed by atoms with Crippen LogP contribution in [0.4, 0.5) is 0 Å². The van der Waals surface area contributed by atoms with E-state index in [1.54, 1.807) is 11.3 Å². The fourth-order valence-corrected chi connectivity index (χ4v) is 5.34. The van der Waals surface area contributed by atoms with Gasteiger partial charge in [-0.05, 0) is 6.07 Å². The number of benzene rings is 3. The summed E-state index contributed by atoms with van der Waals surface area (Å²) in [5, 5.41) is 2.39. The lowest BCUT2D eigenvalue weighted by atomic mass is 9.99. The molecule has 0 spiro atoms. The third-order valence-electron chi connectivity index (χ3n) is 4.42. The summed E-state index contributed by atoms with van der Waals surface area (Å²) in [7, 11) is -3.75. The lowest BCUT2D eigenvalue weighted by Crippen LogP contribution is -2.32. The van der Waals surface area contributed by atoms with Crippen molar-refractivity contribution in [1.82, 2.24) is 4.72 Å². The molecular weight excluding hydrogens is 354 g/mol. The van der Waals surface area contributed by atoms with Crippen LogP contribution >= 0.6 is 11.3 Å². The van der Waals surface area contributed by atoms with Gasteiger partial charge in [0, 0.05) is 43.4 Å². The van der Waals surface area contributed by atoms with E-state index < -0.39 is 10.3 Å². The van der Waals surface area contributed by atoms with E-state index in [-0.39, 0.29) is 6.54 Å². The van der Waals surface area contributed by atoms with Crippen molar-refractivity contribution in [2.45, 2.75) is 6.54 Å². The largest absolute Gasteiger partial charge is 0.382 e. The van der Waals surface area contributed by atoms with Crippen LogP contribution in [0.25, 0.3) is 31.3 Å². The Hall–Kier alpha value is -2.41. The SMILES string of the molecule is O=S1(=O)NCc2cccc(-c3cccc4c3sc3ccccc34)c2O1. The Morgan fingerprint density at radius 3 is 2.56 bits per heavy atom. The maximum absolute atomic E-state index is 11.9. The highest BCUT2D eigenvalue weighted by atomic mass is 32.2. The van der Waals surface area contributed by atoms with E-state index in [1.807, 2.05) is 42.5 Å². The van der Waals surface area contributed by atoms with Crippen molar-refractivity contribution in [3.05, 3.63) is 66.2 Å². The molecule has 4 aromatic rings. The second kappa shape index (κ2) is 5.29. The van der Waals surface area contributed by atoms with Gasteiger partial charge in [-0.15, -0.1) is 11.3 Å². The summed E-state index contributed by atoms with van der Waals surface area (Å²) in [5.41, 5.74) is 2.64. The molecule has 5 rings (SSSR count). The van der Waals surface area contributed by atoms with Gasteiger partial charge >= 0.3 is 10.3 Å². The van der Waals surface area contributed by atoms with Crippen LogP contribution in [0.3, 0.4) is 0 Å². The summed E-state index contributed by atoms with van der Waals surface area (Å²) >= 11 is 1.71. The van der Waals surface area contributed by atoms with E-state index >= 15 is 0 Å². The highest BCUT2D eigenvalue weighted by Crippen LogP contribution is 2.44. The molecule has 0 unspecified atom stereocenters. The van der Waals surface area contributed by atoms with E-state index in [2.05, 4.69) is 22.9 Å². The van der Waals surface area contributed by atoms with Gasteiger partial charge in [-0.3, -0.25) is 0 Å². The molecule has 124 valence electrons. The molecule has 1 aliphatic heterocycles. The summed E-state index contributed by atoms with van der Waals surface area (Å²) < 4.78 is 33.8. The minimum Gasteiger partial charge on any atom is -0.370 e. The Kier molecular flexibility index (Phi) is 3.15. The second-order valence-electron chi connectivity index (χ2n) is 5.93. The van der Waals surface area contributed by atoms with Crippen molar-refractivity contribution in [3.63, 3.8) is 0 Å². The van der Waals surface area contributed by atoms with Gasteiger partial charge in [0.05, 0.1) is 0 Å². The van der Waals surface area contributed by atoms with E-state index in [9.17, 15) is 8.42 Å². The van der Waals surface area contributed by atoms with Crippen molar-refractivity contribution >= 4 is 41.8 Å². The number of hydrogen-bond donors (Lipinski definition) is 1. The zero-order chi connectivity index (χ0) is 17.0. The summed E-state index contributed by atoms with van der Waals surface area (Å²) in [5.74, 6) is 0.422. The summed E-state index contributed by atoms with van der Waals surface area (Å²) in [6.45, 7) is 0.244. The quantitative estimate of drug-likeness (QED) is 0.541. The Bertz CT molecular complexity index is 1240. The first kappa shape index (κ1) is 14.9. The van der Waals surface area contributed by atoms with Crippen LogP contribution in [-0.2, 0) is 16.8 Å².